The summed E-state index contributed by atoms with van der Waals surface area (Å²) in [7, 11) is 0. The van der Waals surface area contributed by atoms with Gasteiger partial charge in [0.05, 0.1) is 0 Å². The minimum absolute atomic E-state index is 0.0307. The van der Waals surface area contributed by atoms with E-state index in [2.05, 4.69) is 15.6 Å². The number of aliphatic carboxylic acids is 1. The first-order valence-corrected chi connectivity index (χ1v) is 5.82. The summed E-state index contributed by atoms with van der Waals surface area (Å²) in [6, 6.07) is 0.0958. The summed E-state index contributed by atoms with van der Waals surface area (Å²) in [4.78, 5) is 26.3. The molecular weight excluding hydrogens is 250 g/mol. The average Bonchev–Trinajstić information content (AvgIpc) is 2.37. The van der Waals surface area contributed by atoms with Crippen LogP contribution in [0.3, 0.4) is 0 Å². The third-order valence-electron chi connectivity index (χ3n) is 2.60. The highest BCUT2D eigenvalue weighted by Crippen LogP contribution is 2.03. The standard InChI is InChI=1S/C12H17N3O4/c1-8-6-13-4-2-9(8)7-14-12(19)15-10(3-5-16)11(17)18/h2,4,6,10,16H,3,5,7H2,1H3,(H,17,18)(H2,14,15,19)/t10-/m0/s1. The van der Waals surface area contributed by atoms with Crippen molar-refractivity contribution in [3.05, 3.63) is 29.6 Å². The zero-order valence-corrected chi connectivity index (χ0v) is 10.6. The molecule has 0 saturated carbocycles. The molecule has 19 heavy (non-hydrogen) atoms. The van der Waals surface area contributed by atoms with Crippen molar-refractivity contribution < 1.29 is 19.8 Å². The number of carbonyl (C=O) groups excluding carboxylic acids is 1. The summed E-state index contributed by atoms with van der Waals surface area (Å²) in [5, 5.41) is 22.4. The van der Waals surface area contributed by atoms with Gasteiger partial charge in [0.2, 0.25) is 0 Å². The van der Waals surface area contributed by atoms with Gasteiger partial charge in [-0.25, -0.2) is 9.59 Å². The van der Waals surface area contributed by atoms with Crippen molar-refractivity contribution in [3.8, 4) is 0 Å². The van der Waals surface area contributed by atoms with Crippen LogP contribution < -0.4 is 10.6 Å². The zero-order valence-electron chi connectivity index (χ0n) is 10.6. The Bertz CT molecular complexity index is 450. The van der Waals surface area contributed by atoms with Crippen molar-refractivity contribution in [3.63, 3.8) is 0 Å². The van der Waals surface area contributed by atoms with E-state index in [-0.39, 0.29) is 19.6 Å². The fraction of sp³-hybridized carbons (Fsp3) is 0.417. The van der Waals surface area contributed by atoms with E-state index in [1.807, 2.05) is 6.92 Å². The van der Waals surface area contributed by atoms with Crippen molar-refractivity contribution in [2.45, 2.75) is 25.9 Å². The van der Waals surface area contributed by atoms with Crippen molar-refractivity contribution in [2.24, 2.45) is 0 Å². The van der Waals surface area contributed by atoms with Crippen LogP contribution in [0, 0.1) is 6.92 Å². The Morgan fingerprint density at radius 1 is 1.47 bits per heavy atom. The second-order valence-electron chi connectivity index (χ2n) is 4.03. The van der Waals surface area contributed by atoms with Gasteiger partial charge in [0.1, 0.15) is 6.04 Å². The predicted molar refractivity (Wildman–Crippen MR) is 67.5 cm³/mol. The number of carboxylic acid groups (broad SMARTS) is 1. The molecule has 7 heteroatoms. The van der Waals surface area contributed by atoms with E-state index in [0.29, 0.717) is 0 Å². The highest BCUT2D eigenvalue weighted by molar-refractivity contribution is 5.82. The second kappa shape index (κ2) is 7.32. The SMILES string of the molecule is Cc1cnccc1CNC(=O)N[C@@H](CCO)C(=O)O. The molecule has 0 aliphatic rings. The number of aliphatic hydroxyl groups is 1. The lowest BCUT2D eigenvalue weighted by molar-refractivity contribution is -0.139. The summed E-state index contributed by atoms with van der Waals surface area (Å²) in [5.74, 6) is -1.18. The maximum Gasteiger partial charge on any atom is 0.326 e. The molecule has 1 rings (SSSR count). The maximum absolute atomic E-state index is 11.5. The Balaban J connectivity index is 2.47. The summed E-state index contributed by atoms with van der Waals surface area (Å²) in [6.07, 6.45) is 3.27. The van der Waals surface area contributed by atoms with Gasteiger partial charge >= 0.3 is 12.0 Å². The van der Waals surface area contributed by atoms with Crippen LogP contribution in [-0.4, -0.2) is 39.8 Å². The van der Waals surface area contributed by atoms with Gasteiger partial charge in [0.15, 0.2) is 0 Å². The quantitative estimate of drug-likeness (QED) is 0.581. The lowest BCUT2D eigenvalue weighted by atomic mass is 10.1. The van der Waals surface area contributed by atoms with Gasteiger partial charge in [-0.15, -0.1) is 0 Å². The van der Waals surface area contributed by atoms with Gasteiger partial charge in [-0.05, 0) is 24.1 Å². The molecule has 0 aromatic carbocycles. The Morgan fingerprint density at radius 2 is 2.21 bits per heavy atom. The summed E-state index contributed by atoms with van der Waals surface area (Å²) >= 11 is 0. The highest BCUT2D eigenvalue weighted by atomic mass is 16.4. The number of hydrogen-bond donors (Lipinski definition) is 4. The average molecular weight is 267 g/mol. The van der Waals surface area contributed by atoms with Gasteiger partial charge in [-0.1, -0.05) is 0 Å². The molecule has 0 unspecified atom stereocenters. The summed E-state index contributed by atoms with van der Waals surface area (Å²) in [5.41, 5.74) is 1.84. The fourth-order valence-corrected chi connectivity index (χ4v) is 1.47. The van der Waals surface area contributed by atoms with Crippen molar-refractivity contribution in [1.29, 1.82) is 0 Å². The van der Waals surface area contributed by atoms with E-state index in [1.54, 1.807) is 18.5 Å². The Labute approximate surface area is 110 Å². The molecule has 0 saturated heterocycles. The first kappa shape index (κ1) is 14.9. The number of hydrogen-bond acceptors (Lipinski definition) is 4. The first-order chi connectivity index (χ1) is 9.04. The van der Waals surface area contributed by atoms with E-state index >= 15 is 0 Å². The smallest absolute Gasteiger partial charge is 0.326 e. The maximum atomic E-state index is 11.5. The molecule has 1 aromatic rings. The van der Waals surface area contributed by atoms with Crippen LogP contribution in [0.1, 0.15) is 17.5 Å². The number of aromatic nitrogens is 1. The van der Waals surface area contributed by atoms with Gasteiger partial charge in [-0.3, -0.25) is 4.98 Å². The minimum Gasteiger partial charge on any atom is -0.480 e. The Hall–Kier alpha value is -2.15. The highest BCUT2D eigenvalue weighted by Gasteiger charge is 2.18. The van der Waals surface area contributed by atoms with Gasteiger partial charge in [0.25, 0.3) is 0 Å². The van der Waals surface area contributed by atoms with Crippen LogP contribution >= 0.6 is 0 Å². The molecule has 0 aliphatic carbocycles. The molecule has 1 atom stereocenters. The largest absolute Gasteiger partial charge is 0.480 e. The third kappa shape index (κ3) is 4.92. The monoisotopic (exact) mass is 267 g/mol. The number of rotatable bonds is 6. The van der Waals surface area contributed by atoms with Crippen LogP contribution in [0.5, 0.6) is 0 Å². The molecule has 1 heterocycles. The van der Waals surface area contributed by atoms with Crippen LogP contribution in [0.15, 0.2) is 18.5 Å². The molecule has 4 N–H and O–H groups in total. The van der Waals surface area contributed by atoms with Gasteiger partial charge in [0, 0.05) is 32.0 Å². The van der Waals surface area contributed by atoms with Crippen LogP contribution in [-0.2, 0) is 11.3 Å². The van der Waals surface area contributed by atoms with Gasteiger partial charge in [-0.2, -0.15) is 0 Å². The predicted octanol–water partition coefficient (Wildman–Crippen LogP) is 0.0248. The topological polar surface area (TPSA) is 112 Å². The van der Waals surface area contributed by atoms with Crippen molar-refractivity contribution >= 4 is 12.0 Å². The number of carbonyl (C=O) groups is 2. The molecule has 0 radical (unpaired) electrons. The molecule has 0 fully saturated rings. The number of pyridine rings is 1. The number of aryl methyl sites for hydroxylation is 1. The molecule has 7 nitrogen and oxygen atoms in total. The lowest BCUT2D eigenvalue weighted by Crippen LogP contribution is -2.46. The van der Waals surface area contributed by atoms with Crippen LogP contribution in [0.2, 0.25) is 0 Å². The Morgan fingerprint density at radius 3 is 2.79 bits per heavy atom. The molecule has 0 spiro atoms. The van der Waals surface area contributed by atoms with E-state index in [1.165, 1.54) is 0 Å². The molecule has 1 aromatic heterocycles. The van der Waals surface area contributed by atoms with E-state index < -0.39 is 18.0 Å². The van der Waals surface area contributed by atoms with E-state index in [9.17, 15) is 9.59 Å². The van der Waals surface area contributed by atoms with Crippen molar-refractivity contribution in [1.82, 2.24) is 15.6 Å². The van der Waals surface area contributed by atoms with Crippen LogP contribution in [0.25, 0.3) is 0 Å². The summed E-state index contributed by atoms with van der Waals surface area (Å²) in [6.45, 7) is 1.85. The second-order valence-corrected chi connectivity index (χ2v) is 4.03. The Kier molecular flexibility index (Phi) is 5.74. The first-order valence-electron chi connectivity index (χ1n) is 5.82. The van der Waals surface area contributed by atoms with Crippen LogP contribution in [0.4, 0.5) is 4.79 Å². The number of carboxylic acids is 1. The third-order valence-corrected chi connectivity index (χ3v) is 2.60. The number of nitrogens with zero attached hydrogens (tertiary/aromatic N) is 1. The molecule has 2 amide bonds. The lowest BCUT2D eigenvalue weighted by Gasteiger charge is -2.14. The van der Waals surface area contributed by atoms with Gasteiger partial charge < -0.3 is 20.8 Å². The molecule has 104 valence electrons. The number of aliphatic hydroxyl groups excluding tert-OH is 1. The molecule has 0 bridgehead atoms. The van der Waals surface area contributed by atoms with E-state index in [0.717, 1.165) is 11.1 Å². The number of urea groups is 1. The normalized spacial score (nSPS) is 11.7. The zero-order chi connectivity index (χ0) is 14.3. The van der Waals surface area contributed by atoms with E-state index in [4.69, 9.17) is 10.2 Å². The van der Waals surface area contributed by atoms with Crippen molar-refractivity contribution in [2.75, 3.05) is 6.61 Å². The molecule has 0 aliphatic heterocycles. The number of amides is 2. The number of nitrogens with one attached hydrogen (secondary N) is 2. The fourth-order valence-electron chi connectivity index (χ4n) is 1.47. The summed E-state index contributed by atoms with van der Waals surface area (Å²) < 4.78 is 0. The minimum atomic E-state index is -1.18. The molecular formula is C12H17N3O4.